The van der Waals surface area contributed by atoms with Crippen LogP contribution in [-0.4, -0.2) is 17.3 Å². The van der Waals surface area contributed by atoms with Gasteiger partial charge >= 0.3 is 6.36 Å². The van der Waals surface area contributed by atoms with Gasteiger partial charge in [0.1, 0.15) is 5.75 Å². The Hall–Kier alpha value is -2.04. The molecule has 0 atom stereocenters. The van der Waals surface area contributed by atoms with Crippen LogP contribution in [0.15, 0.2) is 41.4 Å². The highest BCUT2D eigenvalue weighted by atomic mass is 127. The number of aliphatic imine (C=N–C) groups is 1. The van der Waals surface area contributed by atoms with Crippen LogP contribution >= 0.6 is 24.0 Å². The van der Waals surface area contributed by atoms with E-state index in [1.807, 2.05) is 6.07 Å². The first-order valence-corrected chi connectivity index (χ1v) is 8.29. The number of hydrogen-bond donors (Lipinski definition) is 2. The maximum atomic E-state index is 12.3. The van der Waals surface area contributed by atoms with E-state index >= 15 is 0 Å². The molecule has 0 fully saturated rings. The quantitative estimate of drug-likeness (QED) is 0.377. The van der Waals surface area contributed by atoms with Gasteiger partial charge in [-0.25, -0.2) is 4.99 Å². The molecule has 146 valence electrons. The summed E-state index contributed by atoms with van der Waals surface area (Å²) in [4.78, 5) is 8.81. The Kier molecular flexibility index (Phi) is 7.28. The van der Waals surface area contributed by atoms with Crippen molar-refractivity contribution in [2.75, 3.05) is 5.32 Å². The number of fused-ring (bicyclic) bond motifs is 1. The lowest BCUT2D eigenvalue weighted by Crippen LogP contribution is -2.23. The Balaban J connectivity index is 0.00000261. The Labute approximate surface area is 172 Å². The second-order valence-electron chi connectivity index (χ2n) is 6.02. The van der Waals surface area contributed by atoms with Crippen molar-refractivity contribution in [1.82, 2.24) is 4.98 Å². The second-order valence-corrected chi connectivity index (χ2v) is 6.02. The molecule has 0 aliphatic heterocycles. The number of nitrogens with zero attached hydrogens (tertiary/aromatic N) is 2. The molecule has 27 heavy (non-hydrogen) atoms. The summed E-state index contributed by atoms with van der Waals surface area (Å²) in [5.74, 6) is -0.236. The molecule has 1 heterocycles. The van der Waals surface area contributed by atoms with Crippen LogP contribution in [0.4, 0.5) is 18.9 Å². The monoisotopic (exact) mass is 492 g/mol. The molecule has 0 saturated carbocycles. The van der Waals surface area contributed by atoms with Crippen molar-refractivity contribution in [3.05, 3.63) is 53.3 Å². The van der Waals surface area contributed by atoms with Crippen LogP contribution in [0, 0.1) is 0 Å². The third kappa shape index (κ3) is 6.56. The standard InChI is InChI=1S/C18H19F3N4O.HI/c19-18(20,21)26-15-6-3-5-13(10-15)25-17(22)23-11-14-9-8-12-4-1-2-7-16(12)24-14;/h3,5-6,8-10H,1-2,4,7,11H2,(H3,22,23,25);1H. The van der Waals surface area contributed by atoms with E-state index in [0.29, 0.717) is 12.2 Å². The third-order valence-corrected chi connectivity index (χ3v) is 3.99. The summed E-state index contributed by atoms with van der Waals surface area (Å²) in [5.41, 5.74) is 9.39. The maximum Gasteiger partial charge on any atom is 0.573 e. The highest BCUT2D eigenvalue weighted by Gasteiger charge is 2.31. The van der Waals surface area contributed by atoms with Crippen molar-refractivity contribution in [3.8, 4) is 5.75 Å². The molecule has 1 aliphatic rings. The van der Waals surface area contributed by atoms with Crippen LogP contribution in [0.1, 0.15) is 29.8 Å². The van der Waals surface area contributed by atoms with Crippen molar-refractivity contribution in [1.29, 1.82) is 0 Å². The Bertz CT molecular complexity index is 811. The fourth-order valence-electron chi connectivity index (χ4n) is 2.84. The van der Waals surface area contributed by atoms with E-state index < -0.39 is 6.36 Å². The van der Waals surface area contributed by atoms with E-state index in [4.69, 9.17) is 5.73 Å². The van der Waals surface area contributed by atoms with Gasteiger partial charge in [0.15, 0.2) is 5.96 Å². The Morgan fingerprint density at radius 1 is 1.19 bits per heavy atom. The SMILES string of the molecule is I.NC(=NCc1ccc2c(n1)CCCC2)Nc1cccc(OC(F)(F)F)c1. The first-order valence-electron chi connectivity index (χ1n) is 8.29. The smallest absolute Gasteiger partial charge is 0.406 e. The van der Waals surface area contributed by atoms with Crippen molar-refractivity contribution < 1.29 is 17.9 Å². The number of alkyl halides is 3. The molecule has 5 nitrogen and oxygen atoms in total. The van der Waals surface area contributed by atoms with Gasteiger partial charge in [-0.3, -0.25) is 4.98 Å². The van der Waals surface area contributed by atoms with Crippen molar-refractivity contribution in [2.24, 2.45) is 10.7 Å². The van der Waals surface area contributed by atoms with Crippen molar-refractivity contribution >= 4 is 35.6 Å². The van der Waals surface area contributed by atoms with E-state index in [1.165, 1.54) is 30.2 Å². The minimum Gasteiger partial charge on any atom is -0.406 e. The summed E-state index contributed by atoms with van der Waals surface area (Å²) in [7, 11) is 0. The van der Waals surface area contributed by atoms with Gasteiger partial charge in [-0.2, -0.15) is 0 Å². The summed E-state index contributed by atoms with van der Waals surface area (Å²) in [6, 6.07) is 9.42. The molecule has 0 bridgehead atoms. The van der Waals surface area contributed by atoms with Gasteiger partial charge in [-0.05, 0) is 49.4 Å². The largest absolute Gasteiger partial charge is 0.573 e. The predicted molar refractivity (Wildman–Crippen MR) is 108 cm³/mol. The van der Waals surface area contributed by atoms with Crippen LogP contribution in [0.2, 0.25) is 0 Å². The zero-order chi connectivity index (χ0) is 18.6. The van der Waals surface area contributed by atoms with E-state index in [-0.39, 0.29) is 35.7 Å². The molecule has 2 aromatic rings. The molecule has 1 aliphatic carbocycles. The number of ether oxygens (including phenoxy) is 1. The van der Waals surface area contributed by atoms with Crippen LogP contribution < -0.4 is 15.8 Å². The van der Waals surface area contributed by atoms with Gasteiger partial charge in [0.2, 0.25) is 0 Å². The first kappa shape index (κ1) is 21.3. The number of aromatic nitrogens is 1. The van der Waals surface area contributed by atoms with Crippen LogP contribution in [0.3, 0.4) is 0 Å². The minimum absolute atomic E-state index is 0. The predicted octanol–water partition coefficient (Wildman–Crippen LogP) is 4.40. The lowest BCUT2D eigenvalue weighted by molar-refractivity contribution is -0.274. The zero-order valence-electron chi connectivity index (χ0n) is 14.4. The molecule has 1 aromatic carbocycles. The normalized spacial score (nSPS) is 14.1. The van der Waals surface area contributed by atoms with E-state index in [0.717, 1.165) is 30.7 Å². The maximum absolute atomic E-state index is 12.3. The molecule has 0 radical (unpaired) electrons. The molecule has 1 aromatic heterocycles. The van der Waals surface area contributed by atoms with E-state index in [2.05, 4.69) is 26.1 Å². The highest BCUT2D eigenvalue weighted by molar-refractivity contribution is 14.0. The highest BCUT2D eigenvalue weighted by Crippen LogP contribution is 2.25. The van der Waals surface area contributed by atoms with E-state index in [1.54, 1.807) is 6.07 Å². The first-order chi connectivity index (χ1) is 12.4. The molecule has 3 rings (SSSR count). The summed E-state index contributed by atoms with van der Waals surface area (Å²) in [6.07, 6.45) is -0.359. The summed E-state index contributed by atoms with van der Waals surface area (Å²) in [5, 5.41) is 2.75. The summed E-state index contributed by atoms with van der Waals surface area (Å²) in [6.45, 7) is 0.296. The number of guanidine groups is 1. The number of benzene rings is 1. The third-order valence-electron chi connectivity index (χ3n) is 3.99. The Morgan fingerprint density at radius 3 is 2.74 bits per heavy atom. The molecule has 3 N–H and O–H groups in total. The fourth-order valence-corrected chi connectivity index (χ4v) is 2.84. The molecule has 0 amide bonds. The van der Waals surface area contributed by atoms with Crippen molar-refractivity contribution in [3.63, 3.8) is 0 Å². The average molecular weight is 492 g/mol. The Morgan fingerprint density at radius 2 is 1.96 bits per heavy atom. The van der Waals surface area contributed by atoms with Gasteiger partial charge in [0.05, 0.1) is 12.2 Å². The van der Waals surface area contributed by atoms with Crippen LogP contribution in [0.5, 0.6) is 5.75 Å². The molecular weight excluding hydrogens is 472 g/mol. The van der Waals surface area contributed by atoms with Crippen molar-refractivity contribution in [2.45, 2.75) is 38.6 Å². The second kappa shape index (κ2) is 9.25. The fraction of sp³-hybridized carbons (Fsp3) is 0.333. The van der Waals surface area contributed by atoms with E-state index in [9.17, 15) is 13.2 Å². The lowest BCUT2D eigenvalue weighted by atomic mass is 9.96. The lowest BCUT2D eigenvalue weighted by Gasteiger charge is -2.15. The number of pyridine rings is 1. The number of aryl methyl sites for hydroxylation is 2. The van der Waals surface area contributed by atoms with Gasteiger partial charge in [-0.1, -0.05) is 12.1 Å². The van der Waals surface area contributed by atoms with Gasteiger partial charge < -0.3 is 15.8 Å². The van der Waals surface area contributed by atoms with Gasteiger partial charge in [0.25, 0.3) is 0 Å². The summed E-state index contributed by atoms with van der Waals surface area (Å²) >= 11 is 0. The van der Waals surface area contributed by atoms with Crippen LogP contribution in [-0.2, 0) is 19.4 Å². The van der Waals surface area contributed by atoms with Gasteiger partial charge in [-0.15, -0.1) is 37.1 Å². The summed E-state index contributed by atoms with van der Waals surface area (Å²) < 4.78 is 40.7. The number of rotatable bonds is 4. The minimum atomic E-state index is -4.74. The number of nitrogens with two attached hydrogens (primary N) is 1. The number of anilines is 1. The molecular formula is C18H20F3IN4O. The molecule has 0 saturated heterocycles. The van der Waals surface area contributed by atoms with Gasteiger partial charge in [0, 0.05) is 17.4 Å². The van der Waals surface area contributed by atoms with Crippen LogP contribution in [0.25, 0.3) is 0 Å². The molecule has 0 spiro atoms. The molecule has 0 unspecified atom stereocenters. The number of nitrogens with one attached hydrogen (secondary N) is 1. The average Bonchev–Trinajstić information content (AvgIpc) is 2.58. The molecule has 9 heteroatoms. The topological polar surface area (TPSA) is 72.5 Å². The number of hydrogen-bond acceptors (Lipinski definition) is 3. The number of halogens is 4. The zero-order valence-corrected chi connectivity index (χ0v) is 16.8.